The van der Waals surface area contributed by atoms with Gasteiger partial charge in [-0.25, -0.2) is 0 Å². The van der Waals surface area contributed by atoms with E-state index in [2.05, 4.69) is 21.2 Å². The first-order valence-electron chi connectivity index (χ1n) is 9.75. The van der Waals surface area contributed by atoms with Gasteiger partial charge in [-0.2, -0.15) is 0 Å². The van der Waals surface area contributed by atoms with Gasteiger partial charge >= 0.3 is 0 Å². The molecule has 0 saturated carbocycles. The van der Waals surface area contributed by atoms with E-state index in [1.807, 2.05) is 18.2 Å². The zero-order valence-electron chi connectivity index (χ0n) is 16.0. The van der Waals surface area contributed by atoms with Gasteiger partial charge in [-0.15, -0.1) is 24.8 Å². The molecule has 4 rings (SSSR count). The normalized spacial score (nSPS) is 26.0. The number of amides is 1. The number of nitrogens with zero attached hydrogens (tertiary/aromatic N) is 2. The molecule has 1 amide bonds. The highest BCUT2D eigenvalue weighted by atomic mass is 35.5. The third-order valence-electron chi connectivity index (χ3n) is 5.91. The van der Waals surface area contributed by atoms with Gasteiger partial charge < -0.3 is 15.0 Å². The van der Waals surface area contributed by atoms with Gasteiger partial charge in [-0.1, -0.05) is 29.8 Å². The minimum absolute atomic E-state index is 0. The van der Waals surface area contributed by atoms with Crippen LogP contribution < -0.4 is 5.32 Å². The van der Waals surface area contributed by atoms with Crippen molar-refractivity contribution < 1.29 is 9.53 Å². The molecule has 5 nitrogen and oxygen atoms in total. The highest BCUT2D eigenvalue weighted by molar-refractivity contribution is 6.31. The minimum Gasteiger partial charge on any atom is -0.379 e. The average Bonchev–Trinajstić information content (AvgIpc) is 2.94. The van der Waals surface area contributed by atoms with Crippen LogP contribution in [0.2, 0.25) is 5.02 Å². The van der Waals surface area contributed by atoms with Crippen LogP contribution in [0.1, 0.15) is 18.4 Å². The molecular formula is C20H30Cl3N3O2. The predicted octanol–water partition coefficient (Wildman–Crippen LogP) is 2.84. The van der Waals surface area contributed by atoms with Crippen molar-refractivity contribution >= 4 is 42.3 Å². The summed E-state index contributed by atoms with van der Waals surface area (Å²) >= 11 is 6.38. The van der Waals surface area contributed by atoms with Crippen LogP contribution in [-0.4, -0.2) is 67.7 Å². The molecular weight excluding hydrogens is 421 g/mol. The molecule has 3 saturated heterocycles. The van der Waals surface area contributed by atoms with Crippen molar-refractivity contribution in [1.82, 2.24) is 15.1 Å². The highest BCUT2D eigenvalue weighted by Gasteiger charge is 2.37. The molecule has 1 aromatic carbocycles. The molecule has 2 atom stereocenters. The van der Waals surface area contributed by atoms with Crippen molar-refractivity contribution in [2.45, 2.75) is 25.4 Å². The van der Waals surface area contributed by atoms with E-state index in [4.69, 9.17) is 16.3 Å². The van der Waals surface area contributed by atoms with E-state index < -0.39 is 0 Å². The van der Waals surface area contributed by atoms with E-state index in [-0.39, 0.29) is 36.8 Å². The second-order valence-electron chi connectivity index (χ2n) is 7.85. The van der Waals surface area contributed by atoms with Crippen LogP contribution in [0.3, 0.4) is 0 Å². The summed E-state index contributed by atoms with van der Waals surface area (Å²) in [5, 5.41) is 4.17. The van der Waals surface area contributed by atoms with Crippen molar-refractivity contribution in [3.8, 4) is 0 Å². The Hall–Kier alpha value is -0.560. The Labute approximate surface area is 184 Å². The number of hydrogen-bond donors (Lipinski definition) is 1. The van der Waals surface area contributed by atoms with E-state index in [9.17, 15) is 4.79 Å². The maximum absolute atomic E-state index is 13.1. The van der Waals surface area contributed by atoms with Gasteiger partial charge in [-0.05, 0) is 37.6 Å². The topological polar surface area (TPSA) is 44.8 Å². The molecule has 1 N–H and O–H groups in total. The Balaban J connectivity index is 0.00000140. The first-order valence-corrected chi connectivity index (χ1v) is 10.1. The van der Waals surface area contributed by atoms with Crippen LogP contribution in [-0.2, 0) is 16.1 Å². The maximum Gasteiger partial charge on any atom is 0.225 e. The fourth-order valence-electron chi connectivity index (χ4n) is 4.47. The first kappa shape index (κ1) is 23.7. The average molecular weight is 451 g/mol. The summed E-state index contributed by atoms with van der Waals surface area (Å²) in [5.41, 5.74) is 1.15. The Morgan fingerprint density at radius 2 is 1.86 bits per heavy atom. The summed E-state index contributed by atoms with van der Waals surface area (Å²) in [4.78, 5) is 17.7. The molecule has 0 unspecified atom stereocenters. The van der Waals surface area contributed by atoms with Crippen LogP contribution in [0.25, 0.3) is 0 Å². The van der Waals surface area contributed by atoms with Gasteiger partial charge in [0.05, 0.1) is 19.3 Å². The first-order chi connectivity index (χ1) is 12.7. The fourth-order valence-corrected chi connectivity index (χ4v) is 4.67. The lowest BCUT2D eigenvalue weighted by Gasteiger charge is -2.34. The number of fused-ring (bicyclic) bond motifs is 3. The molecule has 8 heteroatoms. The molecule has 1 aromatic rings. The minimum atomic E-state index is 0. The van der Waals surface area contributed by atoms with Crippen LogP contribution in [0.4, 0.5) is 0 Å². The number of carbonyl (C=O) groups is 1. The van der Waals surface area contributed by atoms with Crippen LogP contribution in [0.5, 0.6) is 0 Å². The molecule has 0 radical (unpaired) electrons. The van der Waals surface area contributed by atoms with Crippen molar-refractivity contribution in [3.05, 3.63) is 34.9 Å². The second-order valence-corrected chi connectivity index (χ2v) is 8.25. The van der Waals surface area contributed by atoms with Crippen LogP contribution in [0, 0.1) is 11.8 Å². The Bertz CT molecular complexity index is 643. The van der Waals surface area contributed by atoms with Crippen LogP contribution >= 0.6 is 36.4 Å². The maximum atomic E-state index is 13.1. The van der Waals surface area contributed by atoms with Gasteiger partial charge in [-0.3, -0.25) is 9.69 Å². The lowest BCUT2D eigenvalue weighted by atomic mass is 9.96. The summed E-state index contributed by atoms with van der Waals surface area (Å²) in [6, 6.07) is 8.29. The van der Waals surface area contributed by atoms with E-state index in [0.717, 1.165) is 69.3 Å². The highest BCUT2D eigenvalue weighted by Crippen LogP contribution is 2.26. The van der Waals surface area contributed by atoms with Crippen molar-refractivity contribution in [2.75, 3.05) is 45.9 Å². The molecule has 3 fully saturated rings. The Kier molecular flexibility index (Phi) is 9.32. The lowest BCUT2D eigenvalue weighted by Crippen LogP contribution is -2.48. The quantitative estimate of drug-likeness (QED) is 0.769. The Morgan fingerprint density at radius 3 is 2.61 bits per heavy atom. The van der Waals surface area contributed by atoms with Gasteiger partial charge in [0, 0.05) is 43.0 Å². The monoisotopic (exact) mass is 449 g/mol. The van der Waals surface area contributed by atoms with Gasteiger partial charge in [0.2, 0.25) is 5.91 Å². The number of piperidine rings is 1. The van der Waals surface area contributed by atoms with Crippen molar-refractivity contribution in [1.29, 1.82) is 0 Å². The molecule has 3 aliphatic rings. The van der Waals surface area contributed by atoms with Crippen molar-refractivity contribution in [2.24, 2.45) is 11.8 Å². The number of halogens is 3. The molecule has 0 aromatic heterocycles. The Morgan fingerprint density at radius 1 is 1.11 bits per heavy atom. The zero-order chi connectivity index (χ0) is 17.9. The molecule has 158 valence electrons. The number of benzene rings is 1. The smallest absolute Gasteiger partial charge is 0.225 e. The van der Waals surface area contributed by atoms with E-state index in [0.29, 0.717) is 18.4 Å². The number of carbonyl (C=O) groups excluding carboxylic acids is 1. The molecule has 28 heavy (non-hydrogen) atoms. The second kappa shape index (κ2) is 11.0. The lowest BCUT2D eigenvalue weighted by molar-refractivity contribution is -0.138. The number of nitrogens with one attached hydrogen (secondary N) is 1. The molecule has 3 heterocycles. The standard InChI is InChI=1S/C20H28ClN3O2.2ClH/c21-19-4-2-1-3-17(19)11-23-9-15-10-24(12-18(23)14-26-13-15)20(25)16-5-7-22-8-6-16;;/h1-4,15-16,18,22H,5-14H2;2*1H/t15-,18+;;/m1../s1. The van der Waals surface area contributed by atoms with E-state index in [1.54, 1.807) is 0 Å². The third-order valence-corrected chi connectivity index (χ3v) is 6.28. The molecule has 2 bridgehead atoms. The largest absolute Gasteiger partial charge is 0.379 e. The van der Waals surface area contributed by atoms with Crippen LogP contribution in [0.15, 0.2) is 24.3 Å². The zero-order valence-corrected chi connectivity index (χ0v) is 18.4. The predicted molar refractivity (Wildman–Crippen MR) is 117 cm³/mol. The van der Waals surface area contributed by atoms with Crippen molar-refractivity contribution in [3.63, 3.8) is 0 Å². The summed E-state index contributed by atoms with van der Waals surface area (Å²) < 4.78 is 5.91. The van der Waals surface area contributed by atoms with E-state index in [1.165, 1.54) is 0 Å². The third kappa shape index (κ3) is 5.53. The molecule has 0 aliphatic carbocycles. The fraction of sp³-hybridized carbons (Fsp3) is 0.650. The summed E-state index contributed by atoms with van der Waals surface area (Å²) in [6.45, 7) is 6.72. The molecule has 3 aliphatic heterocycles. The van der Waals surface area contributed by atoms with Gasteiger partial charge in [0.25, 0.3) is 0 Å². The molecule has 0 spiro atoms. The number of ether oxygens (including phenoxy) is 1. The summed E-state index contributed by atoms with van der Waals surface area (Å²) in [7, 11) is 0. The SMILES string of the molecule is Cl.Cl.O=C(C1CCNCC1)N1C[C@@H]2COC[C@H](C1)N(Cc1ccccc1Cl)C2. The van der Waals surface area contributed by atoms with Gasteiger partial charge in [0.1, 0.15) is 0 Å². The summed E-state index contributed by atoms with van der Waals surface area (Å²) in [6.07, 6.45) is 1.93. The summed E-state index contributed by atoms with van der Waals surface area (Å²) in [5.74, 6) is 0.909. The van der Waals surface area contributed by atoms with E-state index >= 15 is 0 Å². The van der Waals surface area contributed by atoms with Gasteiger partial charge in [0.15, 0.2) is 0 Å². The number of hydrogen-bond acceptors (Lipinski definition) is 4. The number of rotatable bonds is 3.